The van der Waals surface area contributed by atoms with Crippen LogP contribution in [0.1, 0.15) is 5.56 Å². The van der Waals surface area contributed by atoms with Gasteiger partial charge >= 0.3 is 0 Å². The summed E-state index contributed by atoms with van der Waals surface area (Å²) in [7, 11) is 0. The van der Waals surface area contributed by atoms with Gasteiger partial charge in [-0.2, -0.15) is 0 Å². The van der Waals surface area contributed by atoms with Crippen LogP contribution in [0.4, 0.5) is 0 Å². The molecule has 72 valence electrons. The number of nitrogens with one attached hydrogen (secondary N) is 1. The van der Waals surface area contributed by atoms with Gasteiger partial charge in [0.2, 0.25) is 0 Å². The average molecular weight is 206 g/mol. The lowest BCUT2D eigenvalue weighted by molar-refractivity contribution is 0.792. The van der Waals surface area contributed by atoms with Crippen LogP contribution in [0.2, 0.25) is 0 Å². The van der Waals surface area contributed by atoms with E-state index in [1.54, 1.807) is 0 Å². The van der Waals surface area contributed by atoms with Gasteiger partial charge in [-0.25, -0.2) is 0 Å². The number of hydrogen-bond donors (Lipinski definition) is 1. The Labute approximate surface area is 88.7 Å². The predicted octanol–water partition coefficient (Wildman–Crippen LogP) is 3.13. The maximum Gasteiger partial charge on any atom is 0.0716 e. The summed E-state index contributed by atoms with van der Waals surface area (Å²) in [5, 5.41) is 5.65. The first-order valence-corrected chi connectivity index (χ1v) is 5.18. The zero-order valence-electron chi connectivity index (χ0n) is 7.83. The highest BCUT2D eigenvalue weighted by Gasteiger charge is 1.94. The largest absolute Gasteiger partial charge is 0.300 e. The fourth-order valence-electron chi connectivity index (χ4n) is 1.54. The third-order valence-corrected chi connectivity index (χ3v) is 2.43. The molecule has 0 bridgehead atoms. The molecule has 0 saturated heterocycles. The molecule has 0 amide bonds. The molecule has 0 radical (unpaired) electrons. The van der Waals surface area contributed by atoms with Crippen molar-refractivity contribution in [3.63, 3.8) is 0 Å². The Hall–Kier alpha value is -1.05. The molecule has 0 aliphatic heterocycles. The van der Waals surface area contributed by atoms with Gasteiger partial charge < -0.3 is 0 Å². The lowest BCUT2D eigenvalue weighted by atomic mass is 10.1. The second-order valence-corrected chi connectivity index (χ2v) is 3.51. The van der Waals surface area contributed by atoms with Crippen LogP contribution in [0.5, 0.6) is 0 Å². The maximum atomic E-state index is 5.56. The topological polar surface area (TPSA) is 12.0 Å². The van der Waals surface area contributed by atoms with Crippen LogP contribution in [0.25, 0.3) is 10.8 Å². The zero-order valence-corrected chi connectivity index (χ0v) is 8.59. The van der Waals surface area contributed by atoms with E-state index in [9.17, 15) is 0 Å². The fourth-order valence-corrected chi connectivity index (χ4v) is 1.63. The Balaban J connectivity index is 2.32. The van der Waals surface area contributed by atoms with Gasteiger partial charge in [0.1, 0.15) is 0 Å². The van der Waals surface area contributed by atoms with E-state index in [1.165, 1.54) is 16.3 Å². The summed E-state index contributed by atoms with van der Waals surface area (Å²) in [4.78, 5) is 0. The van der Waals surface area contributed by atoms with Crippen molar-refractivity contribution >= 4 is 22.4 Å². The van der Waals surface area contributed by atoms with Crippen molar-refractivity contribution in [2.24, 2.45) is 0 Å². The fraction of sp³-hybridized carbons (Fsp3) is 0.167. The van der Waals surface area contributed by atoms with E-state index in [1.807, 2.05) is 0 Å². The molecular weight excluding hydrogens is 194 g/mol. The first kappa shape index (κ1) is 9.50. The van der Waals surface area contributed by atoms with Crippen LogP contribution in [0, 0.1) is 0 Å². The molecule has 1 N–H and O–H groups in total. The first-order chi connectivity index (χ1) is 6.90. The minimum absolute atomic E-state index is 0.493. The molecule has 0 aliphatic carbocycles. The van der Waals surface area contributed by atoms with Gasteiger partial charge in [0.25, 0.3) is 0 Å². The van der Waals surface area contributed by atoms with Crippen molar-refractivity contribution in [1.82, 2.24) is 5.32 Å². The molecule has 14 heavy (non-hydrogen) atoms. The van der Waals surface area contributed by atoms with E-state index in [2.05, 4.69) is 47.8 Å². The van der Waals surface area contributed by atoms with Crippen LogP contribution < -0.4 is 5.32 Å². The number of rotatable bonds is 3. The van der Waals surface area contributed by atoms with Crippen molar-refractivity contribution in [3.05, 3.63) is 48.0 Å². The summed E-state index contributed by atoms with van der Waals surface area (Å²) < 4.78 is 0. The summed E-state index contributed by atoms with van der Waals surface area (Å²) >= 11 is 5.56. The van der Waals surface area contributed by atoms with Gasteiger partial charge in [-0.05, 0) is 22.4 Å². The quantitative estimate of drug-likeness (QED) is 0.600. The van der Waals surface area contributed by atoms with Crippen LogP contribution in [-0.4, -0.2) is 6.00 Å². The molecule has 2 aromatic rings. The second kappa shape index (κ2) is 4.45. The summed E-state index contributed by atoms with van der Waals surface area (Å²) in [6.45, 7) is 0.828. The lowest BCUT2D eigenvalue weighted by Crippen LogP contribution is -2.09. The number of fused-ring (bicyclic) bond motifs is 1. The second-order valence-electron chi connectivity index (χ2n) is 3.24. The summed E-state index contributed by atoms with van der Waals surface area (Å²) in [5.74, 6) is 0. The third kappa shape index (κ3) is 2.06. The molecule has 2 aromatic carbocycles. The summed E-state index contributed by atoms with van der Waals surface area (Å²) in [5.41, 5.74) is 1.27. The lowest BCUT2D eigenvalue weighted by Gasteiger charge is -2.03. The van der Waals surface area contributed by atoms with Crippen LogP contribution >= 0.6 is 11.6 Å². The molecule has 0 fully saturated rings. The Morgan fingerprint density at radius 1 is 1.00 bits per heavy atom. The van der Waals surface area contributed by atoms with E-state index in [0.29, 0.717) is 6.00 Å². The number of halogens is 1. The molecule has 0 aliphatic rings. The molecule has 2 heteroatoms. The highest BCUT2D eigenvalue weighted by molar-refractivity contribution is 6.17. The molecule has 1 nitrogen and oxygen atoms in total. The van der Waals surface area contributed by atoms with Gasteiger partial charge in [0, 0.05) is 6.54 Å². The van der Waals surface area contributed by atoms with E-state index in [4.69, 9.17) is 11.6 Å². The van der Waals surface area contributed by atoms with Gasteiger partial charge in [-0.1, -0.05) is 36.4 Å². The minimum Gasteiger partial charge on any atom is -0.300 e. The predicted molar refractivity (Wildman–Crippen MR) is 61.5 cm³/mol. The average Bonchev–Trinajstić information content (AvgIpc) is 2.26. The van der Waals surface area contributed by atoms with Crippen molar-refractivity contribution in [2.75, 3.05) is 6.00 Å². The molecular formula is C12H12ClN. The van der Waals surface area contributed by atoms with Gasteiger partial charge in [-0.3, -0.25) is 5.32 Å². The van der Waals surface area contributed by atoms with Crippen molar-refractivity contribution in [2.45, 2.75) is 6.54 Å². The number of hydrogen-bond acceptors (Lipinski definition) is 1. The van der Waals surface area contributed by atoms with Crippen molar-refractivity contribution < 1.29 is 0 Å². The van der Waals surface area contributed by atoms with E-state index in [0.717, 1.165) is 6.54 Å². The molecule has 0 heterocycles. The minimum atomic E-state index is 0.493. The van der Waals surface area contributed by atoms with Crippen LogP contribution in [-0.2, 0) is 6.54 Å². The number of alkyl halides is 1. The summed E-state index contributed by atoms with van der Waals surface area (Å²) in [6, 6.07) is 15.3. The first-order valence-electron chi connectivity index (χ1n) is 4.64. The van der Waals surface area contributed by atoms with E-state index < -0.39 is 0 Å². The highest BCUT2D eigenvalue weighted by Crippen LogP contribution is 2.15. The van der Waals surface area contributed by atoms with Gasteiger partial charge in [0.15, 0.2) is 0 Å². The van der Waals surface area contributed by atoms with Crippen LogP contribution in [0.3, 0.4) is 0 Å². The standard InChI is InChI=1S/C12H12ClN/c13-9-14-8-10-5-6-11-3-1-2-4-12(11)7-10/h1-7,14H,8-9H2. The normalized spacial score (nSPS) is 10.6. The summed E-state index contributed by atoms with van der Waals surface area (Å²) in [6.07, 6.45) is 0. The van der Waals surface area contributed by atoms with Crippen molar-refractivity contribution in [1.29, 1.82) is 0 Å². The molecule has 0 unspecified atom stereocenters. The Bertz CT molecular complexity index is 425. The van der Waals surface area contributed by atoms with Crippen molar-refractivity contribution in [3.8, 4) is 0 Å². The molecule has 0 aromatic heterocycles. The highest BCUT2D eigenvalue weighted by atomic mass is 35.5. The SMILES string of the molecule is ClCNCc1ccc2ccccc2c1. The Kier molecular flexibility index (Phi) is 3.02. The van der Waals surface area contributed by atoms with E-state index in [-0.39, 0.29) is 0 Å². The van der Waals surface area contributed by atoms with Gasteiger partial charge in [-0.15, -0.1) is 11.6 Å². The number of benzene rings is 2. The maximum absolute atomic E-state index is 5.56. The third-order valence-electron chi connectivity index (χ3n) is 2.24. The monoisotopic (exact) mass is 205 g/mol. The van der Waals surface area contributed by atoms with Gasteiger partial charge in [0.05, 0.1) is 6.00 Å². The Morgan fingerprint density at radius 3 is 2.57 bits per heavy atom. The Morgan fingerprint density at radius 2 is 1.79 bits per heavy atom. The zero-order chi connectivity index (χ0) is 9.80. The molecule has 0 atom stereocenters. The smallest absolute Gasteiger partial charge is 0.0716 e. The molecule has 2 rings (SSSR count). The van der Waals surface area contributed by atoms with E-state index >= 15 is 0 Å². The molecule has 0 saturated carbocycles. The van der Waals surface area contributed by atoms with Crippen LogP contribution in [0.15, 0.2) is 42.5 Å². The molecule has 0 spiro atoms.